The molecule has 0 aliphatic carbocycles. The number of rotatable bonds is 7. The van der Waals surface area contributed by atoms with Crippen LogP contribution in [0.3, 0.4) is 0 Å². The minimum absolute atomic E-state index is 0.186. The number of anilines is 1. The smallest absolute Gasteiger partial charge is 0.203 e. The van der Waals surface area contributed by atoms with Crippen molar-refractivity contribution in [2.45, 2.75) is 0 Å². The summed E-state index contributed by atoms with van der Waals surface area (Å²) in [4.78, 5) is 4.51. The molecule has 0 aliphatic rings. The quantitative estimate of drug-likeness (QED) is 0.349. The van der Waals surface area contributed by atoms with Crippen molar-refractivity contribution in [3.63, 3.8) is 0 Å². The van der Waals surface area contributed by atoms with Gasteiger partial charge in [0.2, 0.25) is 5.13 Å². The molecule has 1 heterocycles. The number of nitrogens with zero attached hydrogens (tertiary/aromatic N) is 2. The molecule has 0 atom stereocenters. The van der Waals surface area contributed by atoms with Gasteiger partial charge in [-0.3, -0.25) is 5.43 Å². The predicted octanol–water partition coefficient (Wildman–Crippen LogP) is 4.93. The van der Waals surface area contributed by atoms with Crippen LogP contribution in [0.25, 0.3) is 11.3 Å². The lowest BCUT2D eigenvalue weighted by atomic mass is 10.2. The van der Waals surface area contributed by atoms with E-state index in [1.807, 2.05) is 41.8 Å². The van der Waals surface area contributed by atoms with Crippen LogP contribution in [-0.4, -0.2) is 24.9 Å². The van der Waals surface area contributed by atoms with E-state index in [1.54, 1.807) is 19.4 Å². The van der Waals surface area contributed by atoms with E-state index in [4.69, 9.17) is 27.5 Å². The topological polar surface area (TPSA) is 55.7 Å². The average Bonchev–Trinajstić information content (AvgIpc) is 3.16. The van der Waals surface area contributed by atoms with Gasteiger partial charge in [0.1, 0.15) is 6.61 Å². The molecular weight excluding hydrogens is 382 g/mol. The maximum atomic E-state index is 5.91. The molecule has 0 amide bonds. The zero-order valence-electron chi connectivity index (χ0n) is 14.5. The first-order valence-electron chi connectivity index (χ1n) is 7.94. The minimum Gasteiger partial charge on any atom is -0.493 e. The van der Waals surface area contributed by atoms with Gasteiger partial charge in [0.25, 0.3) is 0 Å². The first kappa shape index (κ1) is 18.8. The van der Waals surface area contributed by atoms with E-state index in [2.05, 4.69) is 21.4 Å². The number of aromatic nitrogens is 1. The molecular formula is C20H16ClN3O2S. The fourth-order valence-electron chi connectivity index (χ4n) is 2.24. The third-order valence-corrected chi connectivity index (χ3v) is 4.52. The summed E-state index contributed by atoms with van der Waals surface area (Å²) < 4.78 is 10.7. The molecule has 0 aliphatic heterocycles. The summed E-state index contributed by atoms with van der Waals surface area (Å²) in [5.74, 6) is 3.61. The number of terminal acetylenes is 1. The van der Waals surface area contributed by atoms with Crippen molar-refractivity contribution < 1.29 is 9.47 Å². The maximum Gasteiger partial charge on any atom is 0.203 e. The Hall–Kier alpha value is -3.01. The third-order valence-electron chi connectivity index (χ3n) is 3.52. The number of ether oxygens (including phenoxy) is 2. The van der Waals surface area contributed by atoms with Crippen LogP contribution in [0.4, 0.5) is 5.13 Å². The number of hydrogen-bond acceptors (Lipinski definition) is 6. The van der Waals surface area contributed by atoms with Crippen LogP contribution in [0.2, 0.25) is 5.02 Å². The zero-order valence-corrected chi connectivity index (χ0v) is 16.1. The van der Waals surface area contributed by atoms with Crippen LogP contribution in [-0.2, 0) is 0 Å². The van der Waals surface area contributed by atoms with Crippen molar-refractivity contribution in [2.24, 2.45) is 5.10 Å². The van der Waals surface area contributed by atoms with Gasteiger partial charge >= 0.3 is 0 Å². The number of hydrogen-bond donors (Lipinski definition) is 1. The van der Waals surface area contributed by atoms with E-state index in [-0.39, 0.29) is 6.61 Å². The van der Waals surface area contributed by atoms with Crippen LogP contribution in [0.15, 0.2) is 52.9 Å². The normalized spacial score (nSPS) is 10.6. The summed E-state index contributed by atoms with van der Waals surface area (Å²) in [6.45, 7) is 0.186. The Morgan fingerprint density at radius 2 is 2.07 bits per heavy atom. The standard InChI is InChI=1S/C20H16ClN3O2S/c1-3-10-26-18-9-4-14(11-19(18)25-2)12-22-24-20-23-17(13-27-20)15-5-7-16(21)8-6-15/h1,4-9,11-13H,10H2,2H3,(H,23,24)/b22-12+. The molecule has 3 rings (SSSR count). The molecule has 7 heteroatoms. The average molecular weight is 398 g/mol. The second-order valence-corrected chi connectivity index (χ2v) is 6.61. The Balaban J connectivity index is 1.65. The second-order valence-electron chi connectivity index (χ2n) is 5.32. The highest BCUT2D eigenvalue weighted by atomic mass is 35.5. The molecule has 3 aromatic rings. The molecule has 136 valence electrons. The van der Waals surface area contributed by atoms with Crippen molar-refractivity contribution in [3.05, 3.63) is 58.4 Å². The van der Waals surface area contributed by atoms with E-state index in [9.17, 15) is 0 Å². The van der Waals surface area contributed by atoms with Crippen molar-refractivity contribution in [2.75, 3.05) is 19.1 Å². The molecule has 0 saturated carbocycles. The summed E-state index contributed by atoms with van der Waals surface area (Å²) in [5, 5.41) is 7.57. The van der Waals surface area contributed by atoms with Gasteiger partial charge in [-0.2, -0.15) is 5.10 Å². The largest absolute Gasteiger partial charge is 0.493 e. The van der Waals surface area contributed by atoms with Gasteiger partial charge in [-0.15, -0.1) is 17.8 Å². The van der Waals surface area contributed by atoms with Crippen molar-refractivity contribution in [1.82, 2.24) is 4.98 Å². The molecule has 5 nitrogen and oxygen atoms in total. The molecule has 0 radical (unpaired) electrons. The molecule has 27 heavy (non-hydrogen) atoms. The van der Waals surface area contributed by atoms with Crippen LogP contribution in [0.5, 0.6) is 11.5 Å². The fourth-order valence-corrected chi connectivity index (χ4v) is 3.04. The lowest BCUT2D eigenvalue weighted by molar-refractivity contribution is 0.331. The highest BCUT2D eigenvalue weighted by Crippen LogP contribution is 2.28. The molecule has 2 aromatic carbocycles. The molecule has 1 N–H and O–H groups in total. The van der Waals surface area contributed by atoms with Gasteiger partial charge in [-0.25, -0.2) is 4.98 Å². The van der Waals surface area contributed by atoms with E-state index in [1.165, 1.54) is 11.3 Å². The summed E-state index contributed by atoms with van der Waals surface area (Å²) in [6.07, 6.45) is 6.89. The number of hydrazone groups is 1. The number of thiazole rings is 1. The Labute approximate surface area is 166 Å². The number of halogens is 1. The third kappa shape index (κ3) is 5.00. The summed E-state index contributed by atoms with van der Waals surface area (Å²) in [5.41, 5.74) is 5.65. The van der Waals surface area contributed by atoms with Gasteiger partial charge in [0.15, 0.2) is 11.5 Å². The number of methoxy groups -OCH3 is 1. The van der Waals surface area contributed by atoms with Crippen LogP contribution in [0, 0.1) is 12.3 Å². The van der Waals surface area contributed by atoms with Gasteiger partial charge in [-0.1, -0.05) is 29.7 Å². The van der Waals surface area contributed by atoms with Gasteiger partial charge in [0, 0.05) is 16.0 Å². The lowest BCUT2D eigenvalue weighted by Crippen LogP contribution is -1.98. The molecule has 0 bridgehead atoms. The zero-order chi connectivity index (χ0) is 19.1. The van der Waals surface area contributed by atoms with Gasteiger partial charge < -0.3 is 9.47 Å². The monoisotopic (exact) mass is 397 g/mol. The Morgan fingerprint density at radius 1 is 1.26 bits per heavy atom. The van der Waals surface area contributed by atoms with Crippen molar-refractivity contribution >= 4 is 34.3 Å². The lowest BCUT2D eigenvalue weighted by Gasteiger charge is -2.08. The Kier molecular flexibility index (Phi) is 6.31. The highest BCUT2D eigenvalue weighted by molar-refractivity contribution is 7.14. The maximum absolute atomic E-state index is 5.91. The molecule has 0 saturated heterocycles. The highest BCUT2D eigenvalue weighted by Gasteiger charge is 2.05. The molecule has 0 fully saturated rings. The van der Waals surface area contributed by atoms with E-state index in [0.29, 0.717) is 21.7 Å². The molecule has 1 aromatic heterocycles. The van der Waals surface area contributed by atoms with Gasteiger partial charge in [-0.05, 0) is 35.9 Å². The molecule has 0 unspecified atom stereocenters. The summed E-state index contributed by atoms with van der Waals surface area (Å²) >= 11 is 7.38. The second kappa shape index (κ2) is 9.08. The predicted molar refractivity (Wildman–Crippen MR) is 111 cm³/mol. The first-order valence-corrected chi connectivity index (χ1v) is 9.20. The van der Waals surface area contributed by atoms with Crippen LogP contribution in [0.1, 0.15) is 5.56 Å². The van der Waals surface area contributed by atoms with Gasteiger partial charge in [0.05, 0.1) is 19.0 Å². The summed E-state index contributed by atoms with van der Waals surface area (Å²) in [6, 6.07) is 13.0. The SMILES string of the molecule is C#CCOc1ccc(/C=N/Nc2nc(-c3ccc(Cl)cc3)cs2)cc1OC. The van der Waals surface area contributed by atoms with Crippen molar-refractivity contribution in [3.8, 4) is 35.1 Å². The fraction of sp³-hybridized carbons (Fsp3) is 0.100. The van der Waals surface area contributed by atoms with Crippen LogP contribution >= 0.6 is 22.9 Å². The number of benzene rings is 2. The Morgan fingerprint density at radius 3 is 2.81 bits per heavy atom. The van der Waals surface area contributed by atoms with E-state index in [0.717, 1.165) is 16.8 Å². The molecule has 0 spiro atoms. The minimum atomic E-state index is 0.186. The van der Waals surface area contributed by atoms with Crippen molar-refractivity contribution in [1.29, 1.82) is 0 Å². The number of nitrogens with one attached hydrogen (secondary N) is 1. The Bertz CT molecular complexity index is 978. The summed E-state index contributed by atoms with van der Waals surface area (Å²) in [7, 11) is 1.57. The van der Waals surface area contributed by atoms with Crippen LogP contribution < -0.4 is 14.9 Å². The first-order chi connectivity index (χ1) is 13.2. The van der Waals surface area contributed by atoms with E-state index >= 15 is 0 Å². The van der Waals surface area contributed by atoms with E-state index < -0.39 is 0 Å².